The van der Waals surface area contributed by atoms with Crippen molar-refractivity contribution < 1.29 is 0 Å². The van der Waals surface area contributed by atoms with Gasteiger partial charge in [-0.15, -0.1) is 23.2 Å². The monoisotopic (exact) mass is 152 g/mol. The Morgan fingerprint density at radius 1 is 1.12 bits per heavy atom. The van der Waals surface area contributed by atoms with Crippen LogP contribution in [-0.4, -0.2) is 9.75 Å². The van der Waals surface area contributed by atoms with Crippen LogP contribution in [-0.2, 0) is 0 Å². The van der Waals surface area contributed by atoms with Crippen molar-refractivity contribution in [3.63, 3.8) is 0 Å². The lowest BCUT2D eigenvalue weighted by Gasteiger charge is -1.98. The van der Waals surface area contributed by atoms with Crippen molar-refractivity contribution >= 4 is 23.2 Å². The van der Waals surface area contributed by atoms with Gasteiger partial charge in [-0.2, -0.15) is 0 Å². The summed E-state index contributed by atoms with van der Waals surface area (Å²) in [6.45, 7) is 6.03. The predicted octanol–water partition coefficient (Wildman–Crippen LogP) is 2.63. The maximum atomic E-state index is 5.95. The molecule has 1 rings (SSSR count). The van der Waals surface area contributed by atoms with E-state index in [2.05, 4.69) is 6.92 Å². The van der Waals surface area contributed by atoms with Gasteiger partial charge in [0.1, 0.15) is 0 Å². The van der Waals surface area contributed by atoms with Gasteiger partial charge in [0.05, 0.1) is 9.75 Å². The second-order valence-electron chi connectivity index (χ2n) is 2.87. The number of hydrogen-bond donors (Lipinski definition) is 0. The minimum atomic E-state index is -0.158. The summed E-state index contributed by atoms with van der Waals surface area (Å²) in [6, 6.07) is 0. The van der Waals surface area contributed by atoms with E-state index in [4.69, 9.17) is 23.2 Å². The molecule has 1 aliphatic carbocycles. The first-order valence-electron chi connectivity index (χ1n) is 2.78. The minimum Gasteiger partial charge on any atom is -0.117 e. The molecule has 0 radical (unpaired) electrons. The quantitative estimate of drug-likeness (QED) is 0.469. The van der Waals surface area contributed by atoms with Crippen molar-refractivity contribution in [2.45, 2.75) is 30.5 Å². The third-order valence-corrected chi connectivity index (χ3v) is 4.04. The summed E-state index contributed by atoms with van der Waals surface area (Å²) in [5.41, 5.74) is 0. The molecule has 1 aliphatic rings. The van der Waals surface area contributed by atoms with E-state index in [-0.39, 0.29) is 9.75 Å². The molecule has 0 saturated heterocycles. The van der Waals surface area contributed by atoms with Gasteiger partial charge in [-0.25, -0.2) is 0 Å². The molecule has 0 nitrogen and oxygen atoms in total. The lowest BCUT2D eigenvalue weighted by atomic mass is 10.4. The van der Waals surface area contributed by atoms with Gasteiger partial charge >= 0.3 is 0 Å². The van der Waals surface area contributed by atoms with Crippen LogP contribution in [0, 0.1) is 5.92 Å². The van der Waals surface area contributed by atoms with Crippen LogP contribution in [0.25, 0.3) is 0 Å². The Kier molecular flexibility index (Phi) is 1.13. The van der Waals surface area contributed by atoms with Crippen LogP contribution in [0.3, 0.4) is 0 Å². The summed E-state index contributed by atoms with van der Waals surface area (Å²) in [4.78, 5) is -0.316. The number of hydrogen-bond acceptors (Lipinski definition) is 0. The summed E-state index contributed by atoms with van der Waals surface area (Å²) >= 11 is 11.9. The van der Waals surface area contributed by atoms with Crippen LogP contribution in [0.1, 0.15) is 20.8 Å². The molecule has 0 spiro atoms. The largest absolute Gasteiger partial charge is 0.117 e. The number of rotatable bonds is 0. The molecule has 0 aromatic carbocycles. The van der Waals surface area contributed by atoms with Crippen molar-refractivity contribution in [2.75, 3.05) is 0 Å². The fourth-order valence-corrected chi connectivity index (χ4v) is 1.66. The molecule has 0 aliphatic heterocycles. The zero-order chi connectivity index (χ0) is 6.58. The first-order valence-corrected chi connectivity index (χ1v) is 3.54. The summed E-state index contributed by atoms with van der Waals surface area (Å²) in [7, 11) is 0. The van der Waals surface area contributed by atoms with Gasteiger partial charge in [-0.1, -0.05) is 6.92 Å². The molecule has 8 heavy (non-hydrogen) atoms. The maximum absolute atomic E-state index is 5.95. The average molecular weight is 153 g/mol. The maximum Gasteiger partial charge on any atom is 0.0653 e. The van der Waals surface area contributed by atoms with Crippen LogP contribution in [0.15, 0.2) is 0 Å². The van der Waals surface area contributed by atoms with E-state index < -0.39 is 0 Å². The summed E-state index contributed by atoms with van der Waals surface area (Å²) < 4.78 is 0. The normalized spacial score (nSPS) is 63.4. The Balaban J connectivity index is 2.72. The molecule has 0 heterocycles. The van der Waals surface area contributed by atoms with Gasteiger partial charge in [0, 0.05) is 0 Å². The van der Waals surface area contributed by atoms with Crippen LogP contribution in [0.4, 0.5) is 0 Å². The highest BCUT2D eigenvalue weighted by atomic mass is 35.5. The molecule has 0 aromatic rings. The Hall–Kier alpha value is 0.580. The summed E-state index contributed by atoms with van der Waals surface area (Å²) in [6.07, 6.45) is 0. The second kappa shape index (κ2) is 1.35. The molecule has 0 N–H and O–H groups in total. The highest BCUT2D eigenvalue weighted by Gasteiger charge is 2.67. The molecule has 1 fully saturated rings. The van der Waals surface area contributed by atoms with Crippen molar-refractivity contribution in [2.24, 2.45) is 5.92 Å². The molecular formula is C6H10Cl2. The average Bonchev–Trinajstić information content (AvgIpc) is 1.88. The van der Waals surface area contributed by atoms with Gasteiger partial charge in [0.25, 0.3) is 0 Å². The van der Waals surface area contributed by atoms with E-state index >= 15 is 0 Å². The third-order valence-electron chi connectivity index (χ3n) is 2.50. The zero-order valence-corrected chi connectivity index (χ0v) is 6.85. The Labute approximate surface area is 60.2 Å². The first kappa shape index (κ1) is 6.70. The lowest BCUT2D eigenvalue weighted by molar-refractivity contribution is 0.858. The minimum absolute atomic E-state index is 0.158. The smallest absolute Gasteiger partial charge is 0.0653 e. The van der Waals surface area contributed by atoms with E-state index in [1.807, 2.05) is 13.8 Å². The van der Waals surface area contributed by atoms with Crippen molar-refractivity contribution in [1.29, 1.82) is 0 Å². The Morgan fingerprint density at radius 2 is 1.25 bits per heavy atom. The molecule has 2 heteroatoms. The topological polar surface area (TPSA) is 0 Å². The number of alkyl halides is 2. The van der Waals surface area contributed by atoms with Gasteiger partial charge in [-0.3, -0.25) is 0 Å². The molecule has 48 valence electrons. The molecular weight excluding hydrogens is 143 g/mol. The fourth-order valence-electron chi connectivity index (χ4n) is 0.954. The molecule has 0 amide bonds. The first-order chi connectivity index (χ1) is 3.40. The van der Waals surface area contributed by atoms with E-state index in [9.17, 15) is 0 Å². The van der Waals surface area contributed by atoms with E-state index in [0.29, 0.717) is 5.92 Å². The Morgan fingerprint density at radius 3 is 1.25 bits per heavy atom. The van der Waals surface area contributed by atoms with Crippen molar-refractivity contribution in [1.82, 2.24) is 0 Å². The Bertz CT molecular complexity index is 102. The van der Waals surface area contributed by atoms with E-state index in [0.717, 1.165) is 0 Å². The van der Waals surface area contributed by atoms with Crippen molar-refractivity contribution in [3.05, 3.63) is 0 Å². The molecule has 0 bridgehead atoms. The van der Waals surface area contributed by atoms with Crippen LogP contribution >= 0.6 is 23.2 Å². The van der Waals surface area contributed by atoms with Crippen LogP contribution in [0.5, 0.6) is 0 Å². The zero-order valence-electron chi connectivity index (χ0n) is 5.33. The molecule has 0 aromatic heterocycles. The third kappa shape index (κ3) is 0.534. The highest BCUT2D eigenvalue weighted by Crippen LogP contribution is 2.62. The summed E-state index contributed by atoms with van der Waals surface area (Å²) in [5, 5.41) is 0. The van der Waals surface area contributed by atoms with Crippen LogP contribution in [0.2, 0.25) is 0 Å². The standard InChI is InChI=1S/C6H10Cl2/c1-4-5(2,7)6(4,3)8/h4H,1-3H3. The van der Waals surface area contributed by atoms with E-state index in [1.54, 1.807) is 0 Å². The molecule has 2 atom stereocenters. The van der Waals surface area contributed by atoms with Gasteiger partial charge in [0.15, 0.2) is 0 Å². The van der Waals surface area contributed by atoms with Gasteiger partial charge in [-0.05, 0) is 19.8 Å². The van der Waals surface area contributed by atoms with E-state index in [1.165, 1.54) is 0 Å². The SMILES string of the molecule is CC1C(C)(Cl)C1(C)Cl. The lowest BCUT2D eigenvalue weighted by Crippen LogP contribution is -2.03. The predicted molar refractivity (Wildman–Crippen MR) is 37.7 cm³/mol. The summed E-state index contributed by atoms with van der Waals surface area (Å²) in [5.74, 6) is 0.443. The van der Waals surface area contributed by atoms with Gasteiger partial charge in [0.2, 0.25) is 0 Å². The fraction of sp³-hybridized carbons (Fsp3) is 1.00. The molecule has 1 saturated carbocycles. The molecule has 2 unspecified atom stereocenters. The highest BCUT2D eigenvalue weighted by molar-refractivity contribution is 6.39. The van der Waals surface area contributed by atoms with Crippen LogP contribution < -0.4 is 0 Å². The van der Waals surface area contributed by atoms with Crippen molar-refractivity contribution in [3.8, 4) is 0 Å². The number of halogens is 2. The van der Waals surface area contributed by atoms with Gasteiger partial charge < -0.3 is 0 Å². The second-order valence-corrected chi connectivity index (χ2v) is 4.44.